The van der Waals surface area contributed by atoms with Gasteiger partial charge >= 0.3 is 6.09 Å². The van der Waals surface area contributed by atoms with Crippen molar-refractivity contribution >= 4 is 22.0 Å². The number of aromatic nitrogens is 1. The molecule has 1 aliphatic heterocycles. The van der Waals surface area contributed by atoms with E-state index in [-0.39, 0.29) is 11.5 Å². The Balaban J connectivity index is 1.67. The van der Waals surface area contributed by atoms with Crippen LogP contribution in [0.15, 0.2) is 51.9 Å². The van der Waals surface area contributed by atoms with Crippen molar-refractivity contribution in [2.45, 2.75) is 26.0 Å². The number of carboxylic acid groups (broad SMARTS) is 1. The third kappa shape index (κ3) is 4.46. The Morgan fingerprint density at radius 1 is 1.27 bits per heavy atom. The Kier molecular flexibility index (Phi) is 5.98. The van der Waals surface area contributed by atoms with Crippen molar-refractivity contribution in [3.63, 3.8) is 0 Å². The van der Waals surface area contributed by atoms with Crippen LogP contribution >= 0.6 is 15.9 Å². The van der Waals surface area contributed by atoms with E-state index in [4.69, 9.17) is 9.84 Å². The molecule has 1 aromatic carbocycles. The van der Waals surface area contributed by atoms with Gasteiger partial charge in [0.1, 0.15) is 16.8 Å². The van der Waals surface area contributed by atoms with E-state index in [1.54, 1.807) is 16.8 Å². The predicted molar refractivity (Wildman–Crippen MR) is 101 cm³/mol. The molecule has 2 heterocycles. The molecule has 0 saturated carbocycles. The summed E-state index contributed by atoms with van der Waals surface area (Å²) < 4.78 is 7.76. The smallest absolute Gasteiger partial charge is 0.407 e. The van der Waals surface area contributed by atoms with Gasteiger partial charge in [0, 0.05) is 25.8 Å². The maximum absolute atomic E-state index is 12.6. The number of hydrogen-bond acceptors (Lipinski definition) is 3. The van der Waals surface area contributed by atoms with E-state index < -0.39 is 6.09 Å². The lowest BCUT2D eigenvalue weighted by Crippen LogP contribution is -2.41. The van der Waals surface area contributed by atoms with Gasteiger partial charge in [0.25, 0.3) is 5.56 Å². The molecule has 0 radical (unpaired) electrons. The normalized spacial score (nSPS) is 17.1. The van der Waals surface area contributed by atoms with Crippen LogP contribution in [0.4, 0.5) is 4.79 Å². The summed E-state index contributed by atoms with van der Waals surface area (Å²) in [6.45, 7) is 1.92. The van der Waals surface area contributed by atoms with Crippen molar-refractivity contribution in [1.29, 1.82) is 0 Å². The Morgan fingerprint density at radius 3 is 2.77 bits per heavy atom. The first-order chi connectivity index (χ1) is 12.5. The molecule has 3 rings (SSSR count). The molecule has 0 bridgehead atoms. The van der Waals surface area contributed by atoms with Crippen molar-refractivity contribution in [3.05, 3.63) is 63.0 Å². The minimum Gasteiger partial charge on any atom is -0.487 e. The number of amides is 1. The summed E-state index contributed by atoms with van der Waals surface area (Å²) in [7, 11) is 0. The summed E-state index contributed by atoms with van der Waals surface area (Å²) in [6, 6.07) is 11.5. The monoisotopic (exact) mass is 420 g/mol. The van der Waals surface area contributed by atoms with Gasteiger partial charge in [-0.05, 0) is 46.3 Å². The molecule has 1 amide bonds. The molecular formula is C19H21BrN2O4. The molecule has 2 aromatic rings. The summed E-state index contributed by atoms with van der Waals surface area (Å²) in [5.41, 5.74) is 0.863. The molecule has 6 nitrogen and oxygen atoms in total. The lowest BCUT2D eigenvalue weighted by atomic mass is 9.98. The number of pyridine rings is 1. The van der Waals surface area contributed by atoms with Gasteiger partial charge < -0.3 is 19.3 Å². The lowest BCUT2D eigenvalue weighted by molar-refractivity contribution is 0.116. The Bertz CT molecular complexity index is 822. The number of benzene rings is 1. The number of carbonyl (C=O) groups is 1. The van der Waals surface area contributed by atoms with E-state index in [2.05, 4.69) is 15.9 Å². The largest absolute Gasteiger partial charge is 0.487 e. The van der Waals surface area contributed by atoms with Gasteiger partial charge in [0.2, 0.25) is 0 Å². The van der Waals surface area contributed by atoms with E-state index in [1.165, 1.54) is 4.90 Å². The summed E-state index contributed by atoms with van der Waals surface area (Å²) in [4.78, 5) is 25.2. The second-order valence-electron chi connectivity index (χ2n) is 6.46. The molecular weight excluding hydrogens is 400 g/mol. The molecule has 1 saturated heterocycles. The minimum atomic E-state index is -0.895. The highest BCUT2D eigenvalue weighted by molar-refractivity contribution is 9.10. The topological polar surface area (TPSA) is 71.8 Å². The third-order valence-electron chi connectivity index (χ3n) is 4.55. The van der Waals surface area contributed by atoms with Crippen LogP contribution in [0, 0.1) is 5.92 Å². The van der Waals surface area contributed by atoms with Crippen LogP contribution in [0.2, 0.25) is 0 Å². The Morgan fingerprint density at radius 2 is 2.04 bits per heavy atom. The van der Waals surface area contributed by atoms with Crippen molar-refractivity contribution in [3.8, 4) is 5.75 Å². The second kappa shape index (κ2) is 8.40. The molecule has 0 aliphatic carbocycles. The molecule has 1 fully saturated rings. The molecule has 0 spiro atoms. The van der Waals surface area contributed by atoms with Crippen molar-refractivity contribution in [1.82, 2.24) is 9.47 Å². The number of ether oxygens (including phenoxy) is 1. The number of halogens is 1. The minimum absolute atomic E-state index is 0.139. The maximum Gasteiger partial charge on any atom is 0.407 e. The molecule has 1 atom stereocenters. The molecule has 1 unspecified atom stereocenters. The zero-order valence-electron chi connectivity index (χ0n) is 14.3. The fourth-order valence-electron chi connectivity index (χ4n) is 3.19. The van der Waals surface area contributed by atoms with Crippen LogP contribution < -0.4 is 10.3 Å². The summed E-state index contributed by atoms with van der Waals surface area (Å²) in [5, 5.41) is 9.14. The summed E-state index contributed by atoms with van der Waals surface area (Å²) in [5.74, 6) is 0.645. The first-order valence-electron chi connectivity index (χ1n) is 8.58. The van der Waals surface area contributed by atoms with Gasteiger partial charge in [-0.3, -0.25) is 4.79 Å². The van der Waals surface area contributed by atoms with Gasteiger partial charge in [-0.2, -0.15) is 0 Å². The van der Waals surface area contributed by atoms with Crippen LogP contribution in [-0.4, -0.2) is 33.8 Å². The van der Waals surface area contributed by atoms with E-state index in [0.29, 0.717) is 36.5 Å². The standard InChI is InChI=1S/C19H21BrN2O4/c20-17-16(26-13-14-5-2-1-3-6-14)8-10-21(18(17)23)11-15-7-4-9-22(12-15)19(24)25/h1-3,5-6,8,10,15H,4,7,9,11-13H2,(H,24,25). The summed E-state index contributed by atoms with van der Waals surface area (Å²) >= 11 is 3.34. The molecule has 1 aromatic heterocycles. The average molecular weight is 421 g/mol. The Labute approximate surface area is 160 Å². The van der Waals surface area contributed by atoms with E-state index in [9.17, 15) is 9.59 Å². The first-order valence-corrected chi connectivity index (χ1v) is 9.37. The zero-order valence-corrected chi connectivity index (χ0v) is 15.9. The van der Waals surface area contributed by atoms with E-state index in [1.807, 2.05) is 30.3 Å². The number of rotatable bonds is 5. The molecule has 1 N–H and O–H groups in total. The number of likely N-dealkylation sites (tertiary alicyclic amines) is 1. The fourth-order valence-corrected chi connectivity index (χ4v) is 3.66. The maximum atomic E-state index is 12.6. The highest BCUT2D eigenvalue weighted by Crippen LogP contribution is 2.23. The SMILES string of the molecule is O=C(O)N1CCCC(Cn2ccc(OCc3ccccc3)c(Br)c2=O)C1. The Hall–Kier alpha value is -2.28. The second-order valence-corrected chi connectivity index (χ2v) is 7.26. The van der Waals surface area contributed by atoms with Gasteiger partial charge in [-0.25, -0.2) is 4.79 Å². The first kappa shape index (κ1) is 18.5. The predicted octanol–water partition coefficient (Wildman–Crippen LogP) is 3.58. The molecule has 7 heteroatoms. The van der Waals surface area contributed by atoms with E-state index >= 15 is 0 Å². The van der Waals surface area contributed by atoms with Crippen LogP contribution in [0.5, 0.6) is 5.75 Å². The van der Waals surface area contributed by atoms with Gasteiger partial charge in [0.05, 0.1) is 0 Å². The quantitative estimate of drug-likeness (QED) is 0.801. The number of hydrogen-bond donors (Lipinski definition) is 1. The molecule has 1 aliphatic rings. The van der Waals surface area contributed by atoms with Crippen LogP contribution in [0.1, 0.15) is 18.4 Å². The number of nitrogens with zero attached hydrogens (tertiary/aromatic N) is 2. The van der Waals surface area contributed by atoms with Crippen molar-refractivity contribution < 1.29 is 14.6 Å². The highest BCUT2D eigenvalue weighted by Gasteiger charge is 2.24. The molecule has 26 heavy (non-hydrogen) atoms. The zero-order chi connectivity index (χ0) is 18.5. The molecule has 138 valence electrons. The van der Waals surface area contributed by atoms with E-state index in [0.717, 1.165) is 18.4 Å². The summed E-state index contributed by atoms with van der Waals surface area (Å²) in [6.07, 6.45) is 2.56. The highest BCUT2D eigenvalue weighted by atomic mass is 79.9. The number of piperidine rings is 1. The lowest BCUT2D eigenvalue weighted by Gasteiger charge is -2.31. The van der Waals surface area contributed by atoms with Gasteiger partial charge in [-0.1, -0.05) is 30.3 Å². The van der Waals surface area contributed by atoms with Crippen LogP contribution in [0.3, 0.4) is 0 Å². The van der Waals surface area contributed by atoms with Crippen LogP contribution in [0.25, 0.3) is 0 Å². The van der Waals surface area contributed by atoms with Crippen molar-refractivity contribution in [2.24, 2.45) is 5.92 Å². The van der Waals surface area contributed by atoms with Gasteiger partial charge in [0.15, 0.2) is 0 Å². The third-order valence-corrected chi connectivity index (χ3v) is 5.28. The average Bonchev–Trinajstić information content (AvgIpc) is 2.66. The van der Waals surface area contributed by atoms with Crippen molar-refractivity contribution in [2.75, 3.05) is 13.1 Å². The van der Waals surface area contributed by atoms with Crippen LogP contribution in [-0.2, 0) is 13.2 Å². The van der Waals surface area contributed by atoms with Gasteiger partial charge in [-0.15, -0.1) is 0 Å². The fraction of sp³-hybridized carbons (Fsp3) is 0.368.